The normalized spacial score (nSPS) is 17.1. The van der Waals surface area contributed by atoms with Crippen molar-refractivity contribution in [1.29, 1.82) is 0 Å². The maximum atomic E-state index is 10.7. The second-order valence-electron chi connectivity index (χ2n) is 4.92. The van der Waals surface area contributed by atoms with Crippen molar-refractivity contribution >= 4 is 5.97 Å². The topological polar surface area (TPSA) is 49.3 Å². The number of hydrogen-bond donors (Lipinski definition) is 2. The number of carboxylic acid groups (broad SMARTS) is 1. The van der Waals surface area contributed by atoms with Crippen LogP contribution >= 0.6 is 0 Å². The molecule has 1 aliphatic rings. The first-order valence-corrected chi connectivity index (χ1v) is 5.62. The summed E-state index contributed by atoms with van der Waals surface area (Å²) in [5.41, 5.74) is 1.99. The van der Waals surface area contributed by atoms with E-state index in [1.807, 2.05) is 12.1 Å². The van der Waals surface area contributed by atoms with Gasteiger partial charge >= 0.3 is 5.97 Å². The lowest BCUT2D eigenvalue weighted by Gasteiger charge is -2.09. The average molecular weight is 219 g/mol. The zero-order valence-electron chi connectivity index (χ0n) is 9.49. The fourth-order valence-corrected chi connectivity index (χ4v) is 1.66. The lowest BCUT2D eigenvalue weighted by molar-refractivity contribution is 0.0697. The van der Waals surface area contributed by atoms with Crippen LogP contribution in [0, 0.1) is 5.41 Å². The van der Waals surface area contributed by atoms with E-state index in [0.717, 1.165) is 18.7 Å². The molecule has 0 aromatic heterocycles. The average Bonchev–Trinajstić information content (AvgIpc) is 2.97. The van der Waals surface area contributed by atoms with Gasteiger partial charge in [-0.3, -0.25) is 0 Å². The van der Waals surface area contributed by atoms with Gasteiger partial charge in [0.25, 0.3) is 0 Å². The minimum absolute atomic E-state index is 0.345. The Balaban J connectivity index is 1.83. The van der Waals surface area contributed by atoms with Crippen molar-refractivity contribution in [2.75, 3.05) is 6.54 Å². The molecule has 0 amide bonds. The summed E-state index contributed by atoms with van der Waals surface area (Å²) in [7, 11) is 0. The Morgan fingerprint density at radius 3 is 2.50 bits per heavy atom. The van der Waals surface area contributed by atoms with E-state index in [4.69, 9.17) is 5.11 Å². The molecule has 2 N–H and O–H groups in total. The highest BCUT2D eigenvalue weighted by atomic mass is 16.4. The van der Waals surface area contributed by atoms with E-state index in [0.29, 0.717) is 11.0 Å². The fraction of sp³-hybridized carbons (Fsp3) is 0.462. The monoisotopic (exact) mass is 219 g/mol. The maximum Gasteiger partial charge on any atom is 0.335 e. The van der Waals surface area contributed by atoms with E-state index in [9.17, 15) is 4.79 Å². The van der Waals surface area contributed by atoms with Gasteiger partial charge in [-0.25, -0.2) is 4.79 Å². The lowest BCUT2D eigenvalue weighted by atomic mass is 10.1. The van der Waals surface area contributed by atoms with Crippen LogP contribution < -0.4 is 5.32 Å². The van der Waals surface area contributed by atoms with Gasteiger partial charge in [-0.1, -0.05) is 19.1 Å². The van der Waals surface area contributed by atoms with Crippen molar-refractivity contribution in [2.45, 2.75) is 26.3 Å². The van der Waals surface area contributed by atoms with E-state index >= 15 is 0 Å². The number of hydrogen-bond acceptors (Lipinski definition) is 2. The predicted octanol–water partition coefficient (Wildman–Crippen LogP) is 2.27. The van der Waals surface area contributed by atoms with Crippen LogP contribution in [0.3, 0.4) is 0 Å². The molecule has 0 unspecified atom stereocenters. The van der Waals surface area contributed by atoms with E-state index in [-0.39, 0.29) is 0 Å². The molecule has 0 spiro atoms. The van der Waals surface area contributed by atoms with Crippen LogP contribution in [-0.4, -0.2) is 17.6 Å². The van der Waals surface area contributed by atoms with Crippen LogP contribution in [0.1, 0.15) is 35.7 Å². The third-order valence-corrected chi connectivity index (χ3v) is 3.19. The Kier molecular flexibility index (Phi) is 2.97. The van der Waals surface area contributed by atoms with E-state index in [1.54, 1.807) is 12.1 Å². The molecule has 1 aromatic rings. The number of aromatic carboxylic acids is 1. The molecule has 1 fully saturated rings. The maximum absolute atomic E-state index is 10.7. The highest BCUT2D eigenvalue weighted by Crippen LogP contribution is 2.44. The lowest BCUT2D eigenvalue weighted by Crippen LogP contribution is -2.21. The molecule has 0 saturated heterocycles. The van der Waals surface area contributed by atoms with Gasteiger partial charge in [0.15, 0.2) is 0 Å². The van der Waals surface area contributed by atoms with E-state index in [2.05, 4.69) is 12.2 Å². The summed E-state index contributed by atoms with van der Waals surface area (Å²) in [6.07, 6.45) is 2.63. The van der Waals surface area contributed by atoms with Crippen LogP contribution in [0.15, 0.2) is 24.3 Å². The molecule has 16 heavy (non-hydrogen) atoms. The first-order chi connectivity index (χ1) is 7.59. The summed E-state index contributed by atoms with van der Waals surface area (Å²) in [6, 6.07) is 7.04. The molecule has 3 nitrogen and oxygen atoms in total. The van der Waals surface area contributed by atoms with Gasteiger partial charge in [-0.2, -0.15) is 0 Å². The molecule has 1 saturated carbocycles. The quantitative estimate of drug-likeness (QED) is 0.798. The van der Waals surface area contributed by atoms with Crippen LogP contribution in [0.5, 0.6) is 0 Å². The van der Waals surface area contributed by atoms with Crippen LogP contribution in [0.2, 0.25) is 0 Å². The van der Waals surface area contributed by atoms with Crippen LogP contribution in [0.4, 0.5) is 0 Å². The number of carboxylic acids is 1. The van der Waals surface area contributed by atoms with Gasteiger partial charge < -0.3 is 10.4 Å². The number of carbonyl (C=O) groups is 1. The third kappa shape index (κ3) is 2.83. The predicted molar refractivity (Wildman–Crippen MR) is 62.4 cm³/mol. The molecule has 0 atom stereocenters. The largest absolute Gasteiger partial charge is 0.478 e. The Labute approximate surface area is 95.5 Å². The molecule has 0 heterocycles. The summed E-state index contributed by atoms with van der Waals surface area (Å²) >= 11 is 0. The Morgan fingerprint density at radius 1 is 1.38 bits per heavy atom. The summed E-state index contributed by atoms with van der Waals surface area (Å²) < 4.78 is 0. The highest BCUT2D eigenvalue weighted by molar-refractivity contribution is 5.87. The van der Waals surface area contributed by atoms with Crippen LogP contribution in [-0.2, 0) is 6.54 Å². The van der Waals surface area contributed by atoms with Gasteiger partial charge in [0.1, 0.15) is 0 Å². The van der Waals surface area contributed by atoms with E-state index in [1.165, 1.54) is 12.8 Å². The zero-order valence-corrected chi connectivity index (χ0v) is 9.49. The number of rotatable bonds is 5. The van der Waals surface area contributed by atoms with Crippen molar-refractivity contribution in [3.8, 4) is 0 Å². The summed E-state index contributed by atoms with van der Waals surface area (Å²) in [5.74, 6) is -0.870. The van der Waals surface area contributed by atoms with Crippen molar-refractivity contribution in [2.24, 2.45) is 5.41 Å². The van der Waals surface area contributed by atoms with E-state index < -0.39 is 5.97 Å². The Morgan fingerprint density at radius 2 is 2.00 bits per heavy atom. The third-order valence-electron chi connectivity index (χ3n) is 3.19. The zero-order chi connectivity index (χ0) is 11.6. The highest BCUT2D eigenvalue weighted by Gasteiger charge is 2.36. The fourth-order valence-electron chi connectivity index (χ4n) is 1.66. The molecule has 0 aliphatic heterocycles. The molecule has 2 rings (SSSR count). The SMILES string of the molecule is CC1(CNCc2ccc(C(=O)O)cc2)CC1. The summed E-state index contributed by atoms with van der Waals surface area (Å²) in [6.45, 7) is 4.15. The van der Waals surface area contributed by atoms with Crippen LogP contribution in [0.25, 0.3) is 0 Å². The molecule has 0 bridgehead atoms. The van der Waals surface area contributed by atoms with Gasteiger partial charge in [0.05, 0.1) is 5.56 Å². The molecule has 3 heteroatoms. The molecule has 1 aromatic carbocycles. The van der Waals surface area contributed by atoms with Crippen molar-refractivity contribution in [3.05, 3.63) is 35.4 Å². The summed E-state index contributed by atoms with van der Waals surface area (Å²) in [4.78, 5) is 10.7. The van der Waals surface area contributed by atoms with Crippen molar-refractivity contribution < 1.29 is 9.90 Å². The first-order valence-electron chi connectivity index (χ1n) is 5.62. The smallest absolute Gasteiger partial charge is 0.335 e. The molecule has 0 radical (unpaired) electrons. The van der Waals surface area contributed by atoms with Crippen molar-refractivity contribution in [1.82, 2.24) is 5.32 Å². The van der Waals surface area contributed by atoms with Gasteiger partial charge in [-0.15, -0.1) is 0 Å². The Bertz CT molecular complexity index is 379. The standard InChI is InChI=1S/C13H17NO2/c1-13(6-7-13)9-14-8-10-2-4-11(5-3-10)12(15)16/h2-5,14H,6-9H2,1H3,(H,15,16). The first kappa shape index (κ1) is 11.1. The van der Waals surface area contributed by atoms with Crippen molar-refractivity contribution in [3.63, 3.8) is 0 Å². The number of nitrogens with one attached hydrogen (secondary N) is 1. The minimum Gasteiger partial charge on any atom is -0.478 e. The van der Waals surface area contributed by atoms with Gasteiger partial charge in [-0.05, 0) is 36.0 Å². The molecular weight excluding hydrogens is 202 g/mol. The summed E-state index contributed by atoms with van der Waals surface area (Å²) in [5, 5.41) is 12.2. The second-order valence-corrected chi connectivity index (χ2v) is 4.92. The second kappa shape index (κ2) is 4.26. The molecular formula is C13H17NO2. The molecule has 1 aliphatic carbocycles. The minimum atomic E-state index is -0.870. The van der Waals surface area contributed by atoms with Gasteiger partial charge in [0, 0.05) is 13.1 Å². The van der Waals surface area contributed by atoms with Gasteiger partial charge in [0.2, 0.25) is 0 Å². The molecule has 86 valence electrons. The Hall–Kier alpha value is -1.35. The number of benzene rings is 1.